The minimum Gasteiger partial charge on any atom is -0.488 e. The summed E-state index contributed by atoms with van der Waals surface area (Å²) >= 11 is 3.48. The van der Waals surface area contributed by atoms with Crippen LogP contribution in [0.4, 0.5) is 4.39 Å². The van der Waals surface area contributed by atoms with Crippen molar-refractivity contribution in [1.29, 1.82) is 0 Å². The van der Waals surface area contributed by atoms with Crippen LogP contribution in [0.5, 0.6) is 5.75 Å². The van der Waals surface area contributed by atoms with Crippen molar-refractivity contribution in [1.82, 2.24) is 5.32 Å². The molecule has 0 saturated heterocycles. The van der Waals surface area contributed by atoms with Crippen molar-refractivity contribution in [3.05, 3.63) is 63.9 Å². The summed E-state index contributed by atoms with van der Waals surface area (Å²) in [5, 5.41) is 3.38. The van der Waals surface area contributed by atoms with Gasteiger partial charge in [0.2, 0.25) is 0 Å². The standard InChI is InChI=1S/C19H23BrFNO2/c1-2-23-11-5-10-22-13-16-12-17(20)8-9-19(16)24-14-15-6-3-4-7-18(15)21/h3-4,6-9,12,22H,2,5,10-11,13-14H2,1H3. The molecular formula is C19H23BrFNO2. The number of nitrogens with one attached hydrogen (secondary N) is 1. The average molecular weight is 396 g/mol. The van der Waals surface area contributed by atoms with Crippen LogP contribution in [0, 0.1) is 5.82 Å². The summed E-state index contributed by atoms with van der Waals surface area (Å²) in [6, 6.07) is 12.5. The number of hydrogen-bond acceptors (Lipinski definition) is 3. The lowest BCUT2D eigenvalue weighted by Gasteiger charge is -2.13. The van der Waals surface area contributed by atoms with E-state index >= 15 is 0 Å². The summed E-state index contributed by atoms with van der Waals surface area (Å²) in [4.78, 5) is 0. The first kappa shape index (κ1) is 18.9. The maximum Gasteiger partial charge on any atom is 0.129 e. The van der Waals surface area contributed by atoms with Gasteiger partial charge in [0.05, 0.1) is 0 Å². The SMILES string of the molecule is CCOCCCNCc1cc(Br)ccc1OCc1ccccc1F. The Hall–Kier alpha value is -1.43. The molecule has 0 bridgehead atoms. The fourth-order valence-electron chi connectivity index (χ4n) is 2.26. The minimum atomic E-state index is -0.245. The van der Waals surface area contributed by atoms with Gasteiger partial charge in [-0.3, -0.25) is 0 Å². The lowest BCUT2D eigenvalue weighted by Crippen LogP contribution is -2.17. The van der Waals surface area contributed by atoms with E-state index in [0.717, 1.165) is 42.0 Å². The van der Waals surface area contributed by atoms with E-state index in [0.29, 0.717) is 12.1 Å². The van der Waals surface area contributed by atoms with Crippen LogP contribution in [0.2, 0.25) is 0 Å². The van der Waals surface area contributed by atoms with Crippen LogP contribution in [0.1, 0.15) is 24.5 Å². The zero-order valence-electron chi connectivity index (χ0n) is 13.9. The van der Waals surface area contributed by atoms with Crippen molar-refractivity contribution in [3.63, 3.8) is 0 Å². The lowest BCUT2D eigenvalue weighted by atomic mass is 10.2. The Bertz CT molecular complexity index is 637. The van der Waals surface area contributed by atoms with Gasteiger partial charge in [-0.1, -0.05) is 34.1 Å². The van der Waals surface area contributed by atoms with Crippen LogP contribution in [-0.4, -0.2) is 19.8 Å². The first-order chi connectivity index (χ1) is 11.7. The van der Waals surface area contributed by atoms with Crippen LogP contribution >= 0.6 is 15.9 Å². The van der Waals surface area contributed by atoms with E-state index in [1.165, 1.54) is 6.07 Å². The Labute approximate surface area is 151 Å². The number of hydrogen-bond donors (Lipinski definition) is 1. The van der Waals surface area contributed by atoms with Crippen molar-refractivity contribution in [2.45, 2.75) is 26.5 Å². The van der Waals surface area contributed by atoms with Gasteiger partial charge < -0.3 is 14.8 Å². The van der Waals surface area contributed by atoms with Gasteiger partial charge in [-0.25, -0.2) is 4.39 Å². The second-order valence-electron chi connectivity index (χ2n) is 5.36. The quantitative estimate of drug-likeness (QED) is 0.592. The second kappa shape index (κ2) is 10.4. The summed E-state index contributed by atoms with van der Waals surface area (Å²) in [5.41, 5.74) is 1.59. The molecule has 0 amide bonds. The van der Waals surface area contributed by atoms with Crippen LogP contribution in [0.3, 0.4) is 0 Å². The molecule has 0 atom stereocenters. The summed E-state index contributed by atoms with van der Waals surface area (Å²) in [5.74, 6) is 0.518. The van der Waals surface area contributed by atoms with Crippen molar-refractivity contribution < 1.29 is 13.9 Å². The molecule has 1 N–H and O–H groups in total. The lowest BCUT2D eigenvalue weighted by molar-refractivity contribution is 0.144. The smallest absolute Gasteiger partial charge is 0.129 e. The van der Waals surface area contributed by atoms with Crippen LogP contribution < -0.4 is 10.1 Å². The van der Waals surface area contributed by atoms with Crippen molar-refractivity contribution in [3.8, 4) is 5.75 Å². The maximum atomic E-state index is 13.7. The summed E-state index contributed by atoms with van der Waals surface area (Å²) in [6.45, 7) is 5.29. The molecule has 3 nitrogen and oxygen atoms in total. The zero-order valence-corrected chi connectivity index (χ0v) is 15.4. The molecule has 0 aliphatic rings. The van der Waals surface area contributed by atoms with Gasteiger partial charge in [-0.05, 0) is 44.2 Å². The third kappa shape index (κ3) is 6.23. The topological polar surface area (TPSA) is 30.5 Å². The van der Waals surface area contributed by atoms with Gasteiger partial charge in [0, 0.05) is 35.4 Å². The minimum absolute atomic E-state index is 0.214. The molecule has 130 valence electrons. The molecular weight excluding hydrogens is 373 g/mol. The molecule has 2 rings (SSSR count). The Kier molecular flexibility index (Phi) is 8.22. The predicted molar refractivity (Wildman–Crippen MR) is 97.7 cm³/mol. The molecule has 2 aromatic carbocycles. The number of rotatable bonds is 10. The highest BCUT2D eigenvalue weighted by Gasteiger charge is 2.07. The normalized spacial score (nSPS) is 10.8. The van der Waals surface area contributed by atoms with E-state index in [9.17, 15) is 4.39 Å². The van der Waals surface area contributed by atoms with E-state index in [1.54, 1.807) is 12.1 Å². The number of benzene rings is 2. The number of halogens is 2. The molecule has 0 unspecified atom stereocenters. The molecule has 5 heteroatoms. The van der Waals surface area contributed by atoms with Gasteiger partial charge in [0.25, 0.3) is 0 Å². The Morgan fingerprint density at radius 1 is 1.12 bits per heavy atom. The molecule has 0 fully saturated rings. The molecule has 0 saturated carbocycles. The fourth-order valence-corrected chi connectivity index (χ4v) is 2.67. The third-order valence-corrected chi connectivity index (χ3v) is 4.02. The predicted octanol–water partition coefficient (Wildman–Crippen LogP) is 4.68. The Morgan fingerprint density at radius 3 is 2.75 bits per heavy atom. The second-order valence-corrected chi connectivity index (χ2v) is 6.28. The highest BCUT2D eigenvalue weighted by Crippen LogP contribution is 2.24. The van der Waals surface area contributed by atoms with Crippen LogP contribution in [-0.2, 0) is 17.9 Å². The first-order valence-electron chi connectivity index (χ1n) is 8.13. The highest BCUT2D eigenvalue weighted by atomic mass is 79.9. The van der Waals surface area contributed by atoms with E-state index in [-0.39, 0.29) is 12.4 Å². The largest absolute Gasteiger partial charge is 0.488 e. The summed E-state index contributed by atoms with van der Waals surface area (Å²) < 4.78 is 25.8. The molecule has 0 aliphatic carbocycles. The Morgan fingerprint density at radius 2 is 1.96 bits per heavy atom. The van der Waals surface area contributed by atoms with Crippen LogP contribution in [0.25, 0.3) is 0 Å². The molecule has 0 heterocycles. The third-order valence-electron chi connectivity index (χ3n) is 3.53. The summed E-state index contributed by atoms with van der Waals surface area (Å²) in [7, 11) is 0. The van der Waals surface area contributed by atoms with Gasteiger partial charge in [-0.2, -0.15) is 0 Å². The summed E-state index contributed by atoms with van der Waals surface area (Å²) in [6.07, 6.45) is 0.966. The molecule has 24 heavy (non-hydrogen) atoms. The number of ether oxygens (including phenoxy) is 2. The highest BCUT2D eigenvalue weighted by molar-refractivity contribution is 9.10. The first-order valence-corrected chi connectivity index (χ1v) is 8.93. The average Bonchev–Trinajstić information content (AvgIpc) is 2.58. The zero-order chi connectivity index (χ0) is 17.2. The Balaban J connectivity index is 1.91. The van der Waals surface area contributed by atoms with E-state index in [4.69, 9.17) is 9.47 Å². The van der Waals surface area contributed by atoms with Gasteiger partial charge in [-0.15, -0.1) is 0 Å². The maximum absolute atomic E-state index is 13.7. The molecule has 0 spiro atoms. The van der Waals surface area contributed by atoms with E-state index in [1.807, 2.05) is 31.2 Å². The van der Waals surface area contributed by atoms with Crippen molar-refractivity contribution >= 4 is 15.9 Å². The molecule has 0 aromatic heterocycles. The molecule has 0 radical (unpaired) electrons. The van der Waals surface area contributed by atoms with Gasteiger partial charge in [0.1, 0.15) is 18.2 Å². The van der Waals surface area contributed by atoms with Crippen molar-refractivity contribution in [2.75, 3.05) is 19.8 Å². The van der Waals surface area contributed by atoms with Crippen molar-refractivity contribution in [2.24, 2.45) is 0 Å². The van der Waals surface area contributed by atoms with Gasteiger partial charge >= 0.3 is 0 Å². The molecule has 0 aliphatic heterocycles. The van der Waals surface area contributed by atoms with Gasteiger partial charge in [0.15, 0.2) is 0 Å². The fraction of sp³-hybridized carbons (Fsp3) is 0.368. The monoisotopic (exact) mass is 395 g/mol. The van der Waals surface area contributed by atoms with E-state index in [2.05, 4.69) is 21.2 Å². The van der Waals surface area contributed by atoms with Crippen LogP contribution in [0.15, 0.2) is 46.9 Å². The van der Waals surface area contributed by atoms with E-state index < -0.39 is 0 Å². The molecule has 2 aromatic rings.